The molecule has 0 aliphatic heterocycles. The number of primary sulfonamides is 1. The molecule has 0 unspecified atom stereocenters. The fourth-order valence-electron chi connectivity index (χ4n) is 2.82. The maximum Gasteiger partial charge on any atom is 0.317 e. The van der Waals surface area contributed by atoms with Crippen LogP contribution in [0.1, 0.15) is 45.6 Å². The molecule has 0 radical (unpaired) electrons. The van der Waals surface area contributed by atoms with Gasteiger partial charge in [0, 0.05) is 5.56 Å². The molecule has 0 aromatic heterocycles. The van der Waals surface area contributed by atoms with E-state index in [-0.39, 0.29) is 5.56 Å². The number of hydrogen-bond donors (Lipinski definition) is 1. The molecule has 1 aliphatic carbocycles. The number of carbonyl (C=O) groups is 1. The van der Waals surface area contributed by atoms with Crippen LogP contribution in [0.25, 0.3) is 0 Å². The molecule has 2 rings (SSSR count). The number of sulfonamides is 1. The highest BCUT2D eigenvalue weighted by Crippen LogP contribution is 2.49. The van der Waals surface area contributed by atoms with Gasteiger partial charge in [-0.3, -0.25) is 14.9 Å². The van der Waals surface area contributed by atoms with Crippen LogP contribution in [0.2, 0.25) is 0 Å². The van der Waals surface area contributed by atoms with Crippen molar-refractivity contribution in [2.75, 3.05) is 0 Å². The molecule has 1 saturated carbocycles. The van der Waals surface area contributed by atoms with Gasteiger partial charge in [0.1, 0.15) is 5.60 Å². The summed E-state index contributed by atoms with van der Waals surface area (Å²) in [5, 5.41) is 16.6. The minimum atomic E-state index is -4.30. The Kier molecular flexibility index (Phi) is 4.45. The summed E-state index contributed by atoms with van der Waals surface area (Å²) >= 11 is 0. The van der Waals surface area contributed by atoms with Gasteiger partial charge in [-0.05, 0) is 39.7 Å². The van der Waals surface area contributed by atoms with Crippen LogP contribution >= 0.6 is 0 Å². The van der Waals surface area contributed by atoms with Crippen LogP contribution in [0.4, 0.5) is 5.69 Å². The molecule has 1 aromatic rings. The van der Waals surface area contributed by atoms with Gasteiger partial charge in [0.05, 0.1) is 10.3 Å². The van der Waals surface area contributed by atoms with Gasteiger partial charge in [-0.1, -0.05) is 18.6 Å². The first-order valence-corrected chi connectivity index (χ1v) is 8.97. The Bertz CT molecular complexity index is 791. The predicted octanol–water partition coefficient (Wildman–Crippen LogP) is 2.01. The van der Waals surface area contributed by atoms with Gasteiger partial charge in [0.15, 0.2) is 4.90 Å². The second-order valence-corrected chi connectivity index (χ2v) is 8.42. The van der Waals surface area contributed by atoms with E-state index in [2.05, 4.69) is 0 Å². The van der Waals surface area contributed by atoms with Gasteiger partial charge in [0.25, 0.3) is 5.69 Å². The third-order valence-corrected chi connectivity index (χ3v) is 4.94. The monoisotopic (exact) mass is 356 g/mol. The SMILES string of the molecule is CC(C)(C)OC(=O)C1(c2cccc(S(N)(=O)=O)c2[N+](=O)[O-])CCC1. The fraction of sp³-hybridized carbons (Fsp3) is 0.533. The average molecular weight is 356 g/mol. The van der Waals surface area contributed by atoms with Gasteiger partial charge in [-0.25, -0.2) is 13.6 Å². The summed E-state index contributed by atoms with van der Waals surface area (Å²) in [4.78, 5) is 22.8. The van der Waals surface area contributed by atoms with Crippen molar-refractivity contribution in [1.82, 2.24) is 0 Å². The van der Waals surface area contributed by atoms with Crippen LogP contribution in [0.15, 0.2) is 23.1 Å². The molecule has 0 spiro atoms. The lowest BCUT2D eigenvalue weighted by molar-refractivity contribution is -0.389. The molecule has 0 bridgehead atoms. The summed E-state index contributed by atoms with van der Waals surface area (Å²) in [6, 6.07) is 3.82. The summed E-state index contributed by atoms with van der Waals surface area (Å²) in [6.45, 7) is 5.10. The Hall–Kier alpha value is -2.00. The lowest BCUT2D eigenvalue weighted by Gasteiger charge is -2.41. The highest BCUT2D eigenvalue weighted by atomic mass is 32.2. The number of esters is 1. The summed E-state index contributed by atoms with van der Waals surface area (Å²) < 4.78 is 28.8. The van der Waals surface area contributed by atoms with E-state index in [1.807, 2.05) is 0 Å². The molecule has 1 aliphatic rings. The Morgan fingerprint density at radius 1 is 1.33 bits per heavy atom. The first-order chi connectivity index (χ1) is 10.9. The largest absolute Gasteiger partial charge is 0.459 e. The molecular weight excluding hydrogens is 336 g/mol. The molecule has 1 aromatic carbocycles. The zero-order valence-corrected chi connectivity index (χ0v) is 14.6. The number of ether oxygens (including phenoxy) is 1. The molecular formula is C15H20N2O6S. The summed E-state index contributed by atoms with van der Waals surface area (Å²) in [5.74, 6) is -0.587. The summed E-state index contributed by atoms with van der Waals surface area (Å²) in [5.41, 5.74) is -2.58. The molecule has 2 N–H and O–H groups in total. The van der Waals surface area contributed by atoms with E-state index in [9.17, 15) is 23.3 Å². The Morgan fingerprint density at radius 3 is 2.29 bits per heavy atom. The van der Waals surface area contributed by atoms with Gasteiger partial charge in [-0.15, -0.1) is 0 Å². The van der Waals surface area contributed by atoms with Crippen molar-refractivity contribution in [3.63, 3.8) is 0 Å². The molecule has 1 fully saturated rings. The third kappa shape index (κ3) is 3.27. The first-order valence-electron chi connectivity index (χ1n) is 7.43. The number of benzene rings is 1. The van der Waals surface area contributed by atoms with Gasteiger partial charge in [-0.2, -0.15) is 0 Å². The maximum atomic E-state index is 12.7. The van der Waals surface area contributed by atoms with E-state index in [0.717, 1.165) is 6.07 Å². The standard InChI is InChI=1S/C15H20N2O6S/c1-14(2,3)23-13(18)15(8-5-9-15)10-6-4-7-11(24(16,21)22)12(10)17(19)20/h4,6-7H,5,8-9H2,1-3H3,(H2,16,21,22). The van der Waals surface area contributed by atoms with Crippen LogP contribution in [-0.2, 0) is 25.0 Å². The van der Waals surface area contributed by atoms with Crippen LogP contribution in [0.3, 0.4) is 0 Å². The number of carbonyl (C=O) groups excluding carboxylic acids is 1. The predicted molar refractivity (Wildman–Crippen MR) is 85.8 cm³/mol. The van der Waals surface area contributed by atoms with Crippen LogP contribution in [0, 0.1) is 10.1 Å². The van der Waals surface area contributed by atoms with Crippen molar-refractivity contribution in [2.24, 2.45) is 5.14 Å². The third-order valence-electron chi connectivity index (χ3n) is 4.00. The van der Waals surface area contributed by atoms with Crippen molar-refractivity contribution < 1.29 is 22.9 Å². The number of nitrogens with zero attached hydrogens (tertiary/aromatic N) is 1. The van der Waals surface area contributed by atoms with E-state index in [1.165, 1.54) is 12.1 Å². The lowest BCUT2D eigenvalue weighted by atomic mass is 9.64. The van der Waals surface area contributed by atoms with Crippen LogP contribution in [-0.4, -0.2) is 24.9 Å². The van der Waals surface area contributed by atoms with Gasteiger partial charge < -0.3 is 4.74 Å². The molecule has 0 heterocycles. The average Bonchev–Trinajstić information content (AvgIpc) is 2.33. The second kappa shape index (κ2) is 5.82. The number of para-hydroxylation sites is 1. The lowest BCUT2D eigenvalue weighted by Crippen LogP contribution is -2.46. The minimum absolute atomic E-state index is 0.0412. The zero-order chi connectivity index (χ0) is 18.3. The Morgan fingerprint density at radius 2 is 1.92 bits per heavy atom. The van der Waals surface area contributed by atoms with Gasteiger partial charge in [0.2, 0.25) is 10.0 Å². The zero-order valence-electron chi connectivity index (χ0n) is 13.7. The molecule has 0 saturated heterocycles. The van der Waals surface area contributed by atoms with E-state index < -0.39 is 42.5 Å². The first kappa shape index (κ1) is 18.3. The number of rotatable bonds is 4. The van der Waals surface area contributed by atoms with Crippen molar-refractivity contribution in [1.29, 1.82) is 0 Å². The smallest absolute Gasteiger partial charge is 0.317 e. The summed E-state index contributed by atoms with van der Waals surface area (Å²) in [7, 11) is -4.30. The highest BCUT2D eigenvalue weighted by Gasteiger charge is 2.52. The number of nitrogens with two attached hydrogens (primary N) is 1. The molecule has 9 heteroatoms. The topological polar surface area (TPSA) is 130 Å². The maximum absolute atomic E-state index is 12.7. The Balaban J connectivity index is 2.66. The van der Waals surface area contributed by atoms with E-state index >= 15 is 0 Å². The fourth-order valence-corrected chi connectivity index (χ4v) is 3.54. The second-order valence-electron chi connectivity index (χ2n) is 6.89. The van der Waals surface area contributed by atoms with Crippen LogP contribution < -0.4 is 5.14 Å². The molecule has 132 valence electrons. The van der Waals surface area contributed by atoms with Crippen molar-refractivity contribution in [3.05, 3.63) is 33.9 Å². The number of hydrogen-bond acceptors (Lipinski definition) is 6. The Labute approximate surface area is 140 Å². The van der Waals surface area contributed by atoms with Crippen molar-refractivity contribution in [2.45, 2.75) is 55.9 Å². The van der Waals surface area contributed by atoms with Crippen LogP contribution in [0.5, 0.6) is 0 Å². The summed E-state index contributed by atoms with van der Waals surface area (Å²) in [6.07, 6.45) is 1.41. The minimum Gasteiger partial charge on any atom is -0.459 e. The van der Waals surface area contributed by atoms with Gasteiger partial charge >= 0.3 is 5.97 Å². The number of nitro groups is 1. The van der Waals surface area contributed by atoms with E-state index in [1.54, 1.807) is 20.8 Å². The van der Waals surface area contributed by atoms with Crippen molar-refractivity contribution in [3.8, 4) is 0 Å². The molecule has 0 amide bonds. The quantitative estimate of drug-likeness (QED) is 0.499. The van der Waals surface area contributed by atoms with E-state index in [0.29, 0.717) is 19.3 Å². The molecule has 24 heavy (non-hydrogen) atoms. The highest BCUT2D eigenvalue weighted by molar-refractivity contribution is 7.89. The van der Waals surface area contributed by atoms with E-state index in [4.69, 9.17) is 9.88 Å². The molecule has 0 atom stereocenters. The number of nitro benzene ring substituents is 1. The van der Waals surface area contributed by atoms with Crippen molar-refractivity contribution >= 4 is 21.7 Å². The molecule has 8 nitrogen and oxygen atoms in total. The normalized spacial score (nSPS) is 17.0.